The fraction of sp³-hybridized carbons (Fsp3) is 0.263. The third-order valence-electron chi connectivity index (χ3n) is 4.04. The molecular weight excluding hydrogens is 388 g/mol. The van der Waals surface area contributed by atoms with Gasteiger partial charge in [-0.3, -0.25) is 4.79 Å². The maximum absolute atomic E-state index is 12.5. The third-order valence-corrected chi connectivity index (χ3v) is 6.07. The van der Waals surface area contributed by atoms with Gasteiger partial charge in [0.2, 0.25) is 10.0 Å². The number of halogens is 1. The Kier molecular flexibility index (Phi) is 7.12. The highest BCUT2D eigenvalue weighted by Crippen LogP contribution is 2.24. The highest BCUT2D eigenvalue weighted by molar-refractivity contribution is 7.89. The third kappa shape index (κ3) is 5.38. The Morgan fingerprint density at radius 2 is 1.85 bits per heavy atom. The van der Waals surface area contributed by atoms with Gasteiger partial charge in [0.25, 0.3) is 5.91 Å². The Balaban J connectivity index is 2.07. The Labute approximate surface area is 164 Å². The molecule has 0 aromatic heterocycles. The van der Waals surface area contributed by atoms with Crippen LogP contribution in [0.5, 0.6) is 0 Å². The van der Waals surface area contributed by atoms with Crippen LogP contribution >= 0.6 is 11.6 Å². The number of amides is 1. The quantitative estimate of drug-likeness (QED) is 0.657. The molecule has 0 fully saturated rings. The summed E-state index contributed by atoms with van der Waals surface area (Å²) in [5.41, 5.74) is 1.63. The molecule has 1 atom stereocenters. The van der Waals surface area contributed by atoms with Crippen molar-refractivity contribution in [3.05, 3.63) is 64.2 Å². The number of sulfonamides is 1. The summed E-state index contributed by atoms with van der Waals surface area (Å²) in [4.78, 5) is 22.9. The summed E-state index contributed by atoms with van der Waals surface area (Å²) in [6.07, 6.45) is 1.20. The Hall–Kier alpha value is -2.22. The lowest BCUT2D eigenvalue weighted by molar-refractivity contribution is -0.109. The van der Waals surface area contributed by atoms with Crippen molar-refractivity contribution in [3.63, 3.8) is 0 Å². The fourth-order valence-corrected chi connectivity index (χ4v) is 4.31. The van der Waals surface area contributed by atoms with Gasteiger partial charge in [-0.05, 0) is 42.7 Å². The molecule has 0 heterocycles. The first-order valence-electron chi connectivity index (χ1n) is 8.38. The minimum atomic E-state index is -3.77. The SMILES string of the molecule is CCC(C=O)NC(=O)c1ccc(CNS(=O)(=O)c2c(C)cccc2Cl)cc1. The van der Waals surface area contributed by atoms with Crippen molar-refractivity contribution in [1.29, 1.82) is 0 Å². The minimum Gasteiger partial charge on any atom is -0.343 e. The van der Waals surface area contributed by atoms with E-state index >= 15 is 0 Å². The summed E-state index contributed by atoms with van der Waals surface area (Å²) in [5, 5.41) is 2.77. The number of hydrogen-bond acceptors (Lipinski definition) is 4. The zero-order chi connectivity index (χ0) is 20.0. The fourth-order valence-electron chi connectivity index (χ4n) is 2.47. The van der Waals surface area contributed by atoms with E-state index in [2.05, 4.69) is 10.0 Å². The maximum Gasteiger partial charge on any atom is 0.251 e. The lowest BCUT2D eigenvalue weighted by atomic mass is 10.1. The molecule has 2 aromatic carbocycles. The molecule has 0 aliphatic heterocycles. The van der Waals surface area contributed by atoms with Gasteiger partial charge in [-0.2, -0.15) is 0 Å². The van der Waals surface area contributed by atoms with Crippen molar-refractivity contribution in [2.24, 2.45) is 0 Å². The summed E-state index contributed by atoms with van der Waals surface area (Å²) in [7, 11) is -3.77. The molecule has 0 bridgehead atoms. The lowest BCUT2D eigenvalue weighted by Gasteiger charge is -2.12. The zero-order valence-electron chi connectivity index (χ0n) is 15.0. The van der Waals surface area contributed by atoms with Gasteiger partial charge in [0, 0.05) is 12.1 Å². The van der Waals surface area contributed by atoms with Gasteiger partial charge in [-0.15, -0.1) is 0 Å². The molecule has 0 spiro atoms. The van der Waals surface area contributed by atoms with Crippen molar-refractivity contribution >= 4 is 33.8 Å². The molecule has 0 saturated heterocycles. The van der Waals surface area contributed by atoms with Gasteiger partial charge < -0.3 is 10.1 Å². The van der Waals surface area contributed by atoms with Crippen LogP contribution in [0.25, 0.3) is 0 Å². The number of carbonyl (C=O) groups is 2. The second kappa shape index (κ2) is 9.12. The van der Waals surface area contributed by atoms with Crippen molar-refractivity contribution in [3.8, 4) is 0 Å². The Morgan fingerprint density at radius 1 is 1.19 bits per heavy atom. The Morgan fingerprint density at radius 3 is 2.41 bits per heavy atom. The second-order valence-electron chi connectivity index (χ2n) is 6.03. The van der Waals surface area contributed by atoms with Crippen LogP contribution in [0.2, 0.25) is 5.02 Å². The van der Waals surface area contributed by atoms with E-state index in [9.17, 15) is 18.0 Å². The standard InChI is InChI=1S/C19H21ClN2O4S/c1-3-16(12-23)22-19(24)15-9-7-14(8-10-15)11-21-27(25,26)18-13(2)5-4-6-17(18)20/h4-10,12,16,21H,3,11H2,1-2H3,(H,22,24). The van der Waals surface area contributed by atoms with Crippen LogP contribution in [0.3, 0.4) is 0 Å². The molecule has 0 aliphatic carbocycles. The van der Waals surface area contributed by atoms with E-state index in [-0.39, 0.29) is 22.4 Å². The smallest absolute Gasteiger partial charge is 0.251 e. The van der Waals surface area contributed by atoms with Crippen LogP contribution in [0.15, 0.2) is 47.4 Å². The largest absolute Gasteiger partial charge is 0.343 e. The average Bonchev–Trinajstić information content (AvgIpc) is 2.64. The molecule has 2 N–H and O–H groups in total. The highest BCUT2D eigenvalue weighted by Gasteiger charge is 2.20. The van der Waals surface area contributed by atoms with Crippen molar-refractivity contribution < 1.29 is 18.0 Å². The van der Waals surface area contributed by atoms with Gasteiger partial charge in [0.1, 0.15) is 11.2 Å². The van der Waals surface area contributed by atoms with E-state index in [1.54, 1.807) is 50.2 Å². The van der Waals surface area contributed by atoms with Gasteiger partial charge in [-0.1, -0.05) is 42.8 Å². The molecule has 2 rings (SSSR count). The number of benzene rings is 2. The number of aldehydes is 1. The summed E-state index contributed by atoms with van der Waals surface area (Å²) < 4.78 is 27.5. The predicted molar refractivity (Wildman–Crippen MR) is 104 cm³/mol. The number of rotatable bonds is 8. The van der Waals surface area contributed by atoms with Gasteiger partial charge in [-0.25, -0.2) is 13.1 Å². The van der Waals surface area contributed by atoms with Crippen molar-refractivity contribution in [1.82, 2.24) is 10.0 Å². The summed E-state index contributed by atoms with van der Waals surface area (Å²) >= 11 is 6.03. The maximum atomic E-state index is 12.5. The van der Waals surface area contributed by atoms with E-state index in [0.29, 0.717) is 29.4 Å². The second-order valence-corrected chi connectivity index (χ2v) is 8.14. The van der Waals surface area contributed by atoms with Crippen LogP contribution in [-0.2, 0) is 21.4 Å². The average molecular weight is 409 g/mol. The number of nitrogens with one attached hydrogen (secondary N) is 2. The normalized spacial score (nSPS) is 12.4. The van der Waals surface area contributed by atoms with E-state index in [0.717, 1.165) is 0 Å². The molecule has 8 heteroatoms. The zero-order valence-corrected chi connectivity index (χ0v) is 16.6. The van der Waals surface area contributed by atoms with E-state index in [1.807, 2.05) is 0 Å². The molecule has 1 amide bonds. The lowest BCUT2D eigenvalue weighted by Crippen LogP contribution is -2.35. The summed E-state index contributed by atoms with van der Waals surface area (Å²) in [6.45, 7) is 3.53. The summed E-state index contributed by atoms with van der Waals surface area (Å²) in [5.74, 6) is -0.354. The van der Waals surface area contributed by atoms with Gasteiger partial charge in [0.05, 0.1) is 11.1 Å². The molecule has 0 radical (unpaired) electrons. The molecule has 144 valence electrons. The molecule has 27 heavy (non-hydrogen) atoms. The number of aryl methyl sites for hydroxylation is 1. The highest BCUT2D eigenvalue weighted by atomic mass is 35.5. The predicted octanol–water partition coefficient (Wildman–Crippen LogP) is 2.83. The number of carbonyl (C=O) groups excluding carboxylic acids is 2. The van der Waals surface area contributed by atoms with Crippen LogP contribution in [0.1, 0.15) is 34.8 Å². The van der Waals surface area contributed by atoms with Crippen LogP contribution in [0, 0.1) is 6.92 Å². The molecule has 2 aromatic rings. The first-order chi connectivity index (χ1) is 12.8. The minimum absolute atomic E-state index is 0.0564. The van der Waals surface area contributed by atoms with Crippen molar-refractivity contribution in [2.45, 2.75) is 37.8 Å². The molecule has 0 saturated carbocycles. The number of hydrogen-bond donors (Lipinski definition) is 2. The molecular formula is C19H21ClN2O4S. The molecule has 6 nitrogen and oxygen atoms in total. The van der Waals surface area contributed by atoms with E-state index in [4.69, 9.17) is 11.6 Å². The van der Waals surface area contributed by atoms with Crippen LogP contribution < -0.4 is 10.0 Å². The summed E-state index contributed by atoms with van der Waals surface area (Å²) in [6, 6.07) is 10.8. The first-order valence-corrected chi connectivity index (χ1v) is 10.2. The Bertz CT molecular complexity index is 907. The van der Waals surface area contributed by atoms with Crippen LogP contribution in [-0.4, -0.2) is 26.7 Å². The molecule has 0 aliphatic rings. The van der Waals surface area contributed by atoms with Crippen molar-refractivity contribution in [2.75, 3.05) is 0 Å². The van der Waals surface area contributed by atoms with Gasteiger partial charge in [0.15, 0.2) is 0 Å². The monoisotopic (exact) mass is 408 g/mol. The first kappa shape index (κ1) is 21.1. The van der Waals surface area contributed by atoms with E-state index < -0.39 is 16.1 Å². The van der Waals surface area contributed by atoms with Crippen LogP contribution in [0.4, 0.5) is 0 Å². The van der Waals surface area contributed by atoms with Gasteiger partial charge >= 0.3 is 0 Å². The topological polar surface area (TPSA) is 92.3 Å². The van der Waals surface area contributed by atoms with E-state index in [1.165, 1.54) is 6.07 Å². The molecule has 1 unspecified atom stereocenters.